The summed E-state index contributed by atoms with van der Waals surface area (Å²) in [6.07, 6.45) is 0.999. The molecule has 0 aliphatic carbocycles. The highest BCUT2D eigenvalue weighted by Crippen LogP contribution is 2.29. The zero-order valence-electron chi connectivity index (χ0n) is 13.0. The van der Waals surface area contributed by atoms with Gasteiger partial charge in [0.25, 0.3) is 0 Å². The van der Waals surface area contributed by atoms with E-state index in [4.69, 9.17) is 9.84 Å². The van der Waals surface area contributed by atoms with Crippen LogP contribution < -0.4 is 10.1 Å². The first kappa shape index (κ1) is 16.8. The number of halogens is 1. The topological polar surface area (TPSA) is 110 Å². The van der Waals surface area contributed by atoms with Crippen molar-refractivity contribution in [3.05, 3.63) is 42.3 Å². The van der Waals surface area contributed by atoms with Crippen molar-refractivity contribution in [2.45, 2.75) is 6.10 Å². The molecule has 9 heteroatoms. The zero-order chi connectivity index (χ0) is 17.8. The van der Waals surface area contributed by atoms with E-state index in [1.165, 1.54) is 30.5 Å². The van der Waals surface area contributed by atoms with Gasteiger partial charge in [-0.1, -0.05) is 12.1 Å². The van der Waals surface area contributed by atoms with Crippen LogP contribution >= 0.6 is 0 Å². The number of aliphatic hydroxyl groups is 2. The van der Waals surface area contributed by atoms with Crippen molar-refractivity contribution in [3.63, 3.8) is 0 Å². The summed E-state index contributed by atoms with van der Waals surface area (Å²) >= 11 is 0. The number of hydrogen-bond acceptors (Lipinski definition) is 7. The van der Waals surface area contributed by atoms with E-state index >= 15 is 0 Å². The van der Waals surface area contributed by atoms with Gasteiger partial charge in [-0.2, -0.15) is 4.98 Å². The van der Waals surface area contributed by atoms with E-state index in [1.807, 2.05) is 0 Å². The number of benzene rings is 1. The number of nitrogens with zero attached hydrogens (tertiary/aromatic N) is 3. The fraction of sp³-hybridized carbons (Fsp3) is 0.188. The Balaban J connectivity index is 1.92. The summed E-state index contributed by atoms with van der Waals surface area (Å²) in [4.78, 5) is 19.7. The van der Waals surface area contributed by atoms with Crippen LogP contribution in [0.4, 0.5) is 10.3 Å². The molecule has 3 N–H and O–H groups in total. The predicted octanol–water partition coefficient (Wildman–Crippen LogP) is 1.17. The normalized spacial score (nSPS) is 12.1. The van der Waals surface area contributed by atoms with Crippen molar-refractivity contribution in [2.75, 3.05) is 18.5 Å². The first-order chi connectivity index (χ1) is 12.1. The van der Waals surface area contributed by atoms with Gasteiger partial charge in [-0.15, -0.1) is 0 Å². The van der Waals surface area contributed by atoms with E-state index in [1.54, 1.807) is 6.07 Å². The molecule has 2 heterocycles. The Labute approximate surface area is 141 Å². The summed E-state index contributed by atoms with van der Waals surface area (Å²) in [5, 5.41) is 21.4. The molecule has 130 valence electrons. The predicted molar refractivity (Wildman–Crippen MR) is 87.7 cm³/mol. The van der Waals surface area contributed by atoms with E-state index in [9.17, 15) is 14.3 Å². The minimum absolute atomic E-state index is 0.0224. The average molecular weight is 346 g/mol. The van der Waals surface area contributed by atoms with Gasteiger partial charge in [0.2, 0.25) is 18.2 Å². The molecule has 0 aliphatic rings. The molecule has 0 fully saturated rings. The van der Waals surface area contributed by atoms with Gasteiger partial charge in [0.1, 0.15) is 0 Å². The maximum Gasteiger partial charge on any atom is 0.224 e. The third-order valence-electron chi connectivity index (χ3n) is 3.40. The van der Waals surface area contributed by atoms with Gasteiger partial charge in [-0.05, 0) is 12.1 Å². The molecule has 25 heavy (non-hydrogen) atoms. The molecule has 0 saturated heterocycles. The number of fused-ring (bicyclic) bond motifs is 1. The number of carbonyl (C=O) groups is 1. The molecule has 1 atom stereocenters. The molecule has 1 aromatic carbocycles. The lowest BCUT2D eigenvalue weighted by atomic mass is 10.3. The first-order valence-electron chi connectivity index (χ1n) is 7.41. The molecule has 0 bridgehead atoms. The van der Waals surface area contributed by atoms with E-state index in [0.29, 0.717) is 11.8 Å². The van der Waals surface area contributed by atoms with Crippen LogP contribution in [0.2, 0.25) is 0 Å². The second-order valence-corrected chi connectivity index (χ2v) is 5.18. The maximum atomic E-state index is 13.7. The number of nitrogens with one attached hydrogen (secondary N) is 1. The SMILES string of the molecule is O=Cn1c(Oc2ccccc2F)cc2cnc(NCC(O)CO)nc21. The minimum Gasteiger partial charge on any atom is -0.437 e. The van der Waals surface area contributed by atoms with Crippen LogP contribution in [-0.4, -0.2) is 50.4 Å². The summed E-state index contributed by atoms with van der Waals surface area (Å²) in [7, 11) is 0. The molecule has 0 radical (unpaired) electrons. The van der Waals surface area contributed by atoms with E-state index < -0.39 is 18.5 Å². The number of aromatic nitrogens is 3. The molecular formula is C16H15FN4O4. The Morgan fingerprint density at radius 3 is 2.92 bits per heavy atom. The van der Waals surface area contributed by atoms with Gasteiger partial charge < -0.3 is 20.3 Å². The number of hydrogen-bond donors (Lipinski definition) is 3. The highest BCUT2D eigenvalue weighted by atomic mass is 19.1. The minimum atomic E-state index is -0.961. The van der Waals surface area contributed by atoms with E-state index in [0.717, 1.165) is 4.57 Å². The van der Waals surface area contributed by atoms with Crippen LogP contribution in [0.3, 0.4) is 0 Å². The van der Waals surface area contributed by atoms with Crippen LogP contribution in [0, 0.1) is 5.82 Å². The van der Waals surface area contributed by atoms with Crippen molar-refractivity contribution < 1.29 is 24.1 Å². The lowest BCUT2D eigenvalue weighted by Gasteiger charge is -2.09. The first-order valence-corrected chi connectivity index (χ1v) is 7.41. The number of anilines is 1. The van der Waals surface area contributed by atoms with Crippen LogP contribution in [0.25, 0.3) is 11.0 Å². The van der Waals surface area contributed by atoms with Gasteiger partial charge >= 0.3 is 0 Å². The van der Waals surface area contributed by atoms with Crippen molar-refractivity contribution in [1.29, 1.82) is 0 Å². The number of para-hydroxylation sites is 1. The number of carbonyl (C=O) groups excluding carboxylic acids is 1. The Kier molecular flexibility index (Phi) is 4.87. The number of ether oxygens (including phenoxy) is 1. The lowest BCUT2D eigenvalue weighted by Crippen LogP contribution is -2.23. The van der Waals surface area contributed by atoms with Gasteiger partial charge in [0, 0.05) is 24.2 Å². The summed E-state index contributed by atoms with van der Waals surface area (Å²) in [5.74, 6) is -0.321. The zero-order valence-corrected chi connectivity index (χ0v) is 13.0. The van der Waals surface area contributed by atoms with Crippen LogP contribution in [0.15, 0.2) is 36.5 Å². The maximum absolute atomic E-state index is 13.7. The molecule has 3 aromatic rings. The summed E-state index contributed by atoms with van der Waals surface area (Å²) in [6, 6.07) is 7.35. The molecule has 1 unspecified atom stereocenters. The molecule has 8 nitrogen and oxygen atoms in total. The smallest absolute Gasteiger partial charge is 0.224 e. The van der Waals surface area contributed by atoms with E-state index in [-0.39, 0.29) is 29.8 Å². The summed E-state index contributed by atoms with van der Waals surface area (Å²) in [5.41, 5.74) is 0.261. The molecular weight excluding hydrogens is 331 g/mol. The molecule has 0 saturated carbocycles. The Morgan fingerprint density at radius 1 is 1.40 bits per heavy atom. The monoisotopic (exact) mass is 346 g/mol. The van der Waals surface area contributed by atoms with Gasteiger partial charge in [0.05, 0.1) is 12.7 Å². The standard InChI is InChI=1S/C16H15FN4O4/c17-12-3-1-2-4-13(12)25-14-5-10-6-18-16(19-7-11(24)8-22)20-15(10)21(14)9-23/h1-6,9,11,22,24H,7-8H2,(H,18,19,20). The Morgan fingerprint density at radius 2 is 2.20 bits per heavy atom. The number of aliphatic hydroxyl groups excluding tert-OH is 2. The van der Waals surface area contributed by atoms with Crippen LogP contribution in [-0.2, 0) is 4.79 Å². The molecule has 2 aromatic heterocycles. The molecule has 0 amide bonds. The quantitative estimate of drug-likeness (QED) is 0.551. The highest BCUT2D eigenvalue weighted by Gasteiger charge is 2.15. The Bertz CT molecular complexity index is 899. The van der Waals surface area contributed by atoms with Crippen molar-refractivity contribution in [2.24, 2.45) is 0 Å². The fourth-order valence-corrected chi connectivity index (χ4v) is 2.16. The highest BCUT2D eigenvalue weighted by molar-refractivity contribution is 5.85. The second-order valence-electron chi connectivity index (χ2n) is 5.18. The third-order valence-corrected chi connectivity index (χ3v) is 3.40. The summed E-state index contributed by atoms with van der Waals surface area (Å²) < 4.78 is 20.3. The average Bonchev–Trinajstić information content (AvgIpc) is 2.97. The Hall–Kier alpha value is -3.04. The molecule has 0 spiro atoms. The van der Waals surface area contributed by atoms with Gasteiger partial charge in [0.15, 0.2) is 17.2 Å². The van der Waals surface area contributed by atoms with Gasteiger partial charge in [-0.3, -0.25) is 4.79 Å². The summed E-state index contributed by atoms with van der Waals surface area (Å²) in [6.45, 7) is -0.358. The van der Waals surface area contributed by atoms with Crippen LogP contribution in [0.1, 0.15) is 0 Å². The van der Waals surface area contributed by atoms with Crippen LogP contribution in [0.5, 0.6) is 11.6 Å². The van der Waals surface area contributed by atoms with Crippen molar-refractivity contribution >= 4 is 23.4 Å². The lowest BCUT2D eigenvalue weighted by molar-refractivity contribution is 0.105. The van der Waals surface area contributed by atoms with Crippen molar-refractivity contribution in [3.8, 4) is 11.6 Å². The largest absolute Gasteiger partial charge is 0.437 e. The van der Waals surface area contributed by atoms with Crippen molar-refractivity contribution in [1.82, 2.24) is 14.5 Å². The molecule has 3 rings (SSSR count). The number of rotatable bonds is 7. The third kappa shape index (κ3) is 3.57. The fourth-order valence-electron chi connectivity index (χ4n) is 2.16. The van der Waals surface area contributed by atoms with Gasteiger partial charge in [-0.25, -0.2) is 13.9 Å². The molecule has 0 aliphatic heterocycles. The van der Waals surface area contributed by atoms with E-state index in [2.05, 4.69) is 15.3 Å². The second kappa shape index (κ2) is 7.24.